The quantitative estimate of drug-likeness (QED) is 0.630. The molecule has 0 aromatic rings. The summed E-state index contributed by atoms with van der Waals surface area (Å²) in [5.41, 5.74) is 5.60. The lowest BCUT2D eigenvalue weighted by Crippen LogP contribution is -2.30. The highest BCUT2D eigenvalue weighted by molar-refractivity contribution is 7.98. The molecule has 0 spiro atoms. The first-order valence-corrected chi connectivity index (χ1v) is 6.63. The van der Waals surface area contributed by atoms with Crippen LogP contribution in [0.2, 0.25) is 0 Å². The first kappa shape index (κ1) is 14.2. The van der Waals surface area contributed by atoms with Crippen LogP contribution in [0.25, 0.3) is 0 Å². The van der Waals surface area contributed by atoms with E-state index in [-0.39, 0.29) is 6.10 Å². The summed E-state index contributed by atoms with van der Waals surface area (Å²) in [5, 5.41) is 0. The third kappa shape index (κ3) is 7.62. The van der Waals surface area contributed by atoms with Gasteiger partial charge in [0.15, 0.2) is 0 Å². The summed E-state index contributed by atoms with van der Waals surface area (Å²) in [6.07, 6.45) is 3.41. The Kier molecular flexibility index (Phi) is 9.93. The number of ether oxygens (including phenoxy) is 1. The van der Waals surface area contributed by atoms with E-state index in [1.165, 1.54) is 5.75 Å². The second-order valence-electron chi connectivity index (χ2n) is 3.40. The van der Waals surface area contributed by atoms with E-state index in [1.807, 2.05) is 18.7 Å². The highest BCUT2D eigenvalue weighted by Gasteiger charge is 2.07. The number of hydrogen-bond acceptors (Lipinski definition) is 4. The Morgan fingerprint density at radius 2 is 2.14 bits per heavy atom. The molecule has 0 aliphatic heterocycles. The van der Waals surface area contributed by atoms with Crippen molar-refractivity contribution >= 4 is 11.8 Å². The Balaban J connectivity index is 3.46. The van der Waals surface area contributed by atoms with Crippen LogP contribution in [0.15, 0.2) is 0 Å². The lowest BCUT2D eigenvalue weighted by Gasteiger charge is -2.20. The molecule has 86 valence electrons. The Hall–Kier alpha value is 0.230. The SMILES string of the molecule is CCOC(CN)CCN(C)CCSC. The van der Waals surface area contributed by atoms with Gasteiger partial charge in [0.05, 0.1) is 6.10 Å². The van der Waals surface area contributed by atoms with Crippen LogP contribution in [0.4, 0.5) is 0 Å². The predicted octanol–water partition coefficient (Wildman–Crippen LogP) is 1.04. The fourth-order valence-corrected chi connectivity index (χ4v) is 1.72. The first-order chi connectivity index (χ1) is 6.74. The molecule has 1 atom stereocenters. The summed E-state index contributed by atoms with van der Waals surface area (Å²) in [7, 11) is 2.15. The van der Waals surface area contributed by atoms with Crippen molar-refractivity contribution in [1.82, 2.24) is 4.90 Å². The molecule has 0 aliphatic carbocycles. The van der Waals surface area contributed by atoms with Crippen molar-refractivity contribution in [3.05, 3.63) is 0 Å². The molecule has 0 bridgehead atoms. The predicted molar refractivity (Wildman–Crippen MR) is 65.0 cm³/mol. The van der Waals surface area contributed by atoms with E-state index in [2.05, 4.69) is 18.2 Å². The molecule has 1 unspecified atom stereocenters. The zero-order valence-corrected chi connectivity index (χ0v) is 10.5. The van der Waals surface area contributed by atoms with Gasteiger partial charge in [0, 0.05) is 32.0 Å². The van der Waals surface area contributed by atoms with Gasteiger partial charge in [0.2, 0.25) is 0 Å². The molecule has 0 radical (unpaired) electrons. The number of hydrogen-bond donors (Lipinski definition) is 1. The molecule has 0 aromatic carbocycles. The smallest absolute Gasteiger partial charge is 0.0709 e. The maximum atomic E-state index is 5.60. The second kappa shape index (κ2) is 9.77. The van der Waals surface area contributed by atoms with E-state index >= 15 is 0 Å². The molecule has 2 N–H and O–H groups in total. The molecular weight excluding hydrogens is 196 g/mol. The van der Waals surface area contributed by atoms with Gasteiger partial charge in [-0.15, -0.1) is 0 Å². The van der Waals surface area contributed by atoms with Gasteiger partial charge in [-0.25, -0.2) is 0 Å². The molecule has 14 heavy (non-hydrogen) atoms. The van der Waals surface area contributed by atoms with Crippen molar-refractivity contribution in [3.63, 3.8) is 0 Å². The van der Waals surface area contributed by atoms with Gasteiger partial charge in [-0.2, -0.15) is 11.8 Å². The maximum absolute atomic E-state index is 5.60. The zero-order chi connectivity index (χ0) is 10.8. The van der Waals surface area contributed by atoms with Gasteiger partial charge in [0.25, 0.3) is 0 Å². The minimum absolute atomic E-state index is 0.233. The normalized spacial score (nSPS) is 13.5. The number of thioether (sulfide) groups is 1. The molecule has 0 aliphatic rings. The van der Waals surface area contributed by atoms with Crippen LogP contribution in [0.3, 0.4) is 0 Å². The first-order valence-electron chi connectivity index (χ1n) is 5.23. The monoisotopic (exact) mass is 220 g/mol. The molecule has 0 rings (SSSR count). The van der Waals surface area contributed by atoms with Crippen molar-refractivity contribution in [3.8, 4) is 0 Å². The van der Waals surface area contributed by atoms with E-state index in [1.54, 1.807) is 0 Å². The van der Waals surface area contributed by atoms with E-state index in [0.29, 0.717) is 6.54 Å². The number of nitrogens with two attached hydrogens (primary N) is 1. The highest BCUT2D eigenvalue weighted by Crippen LogP contribution is 2.00. The molecule has 4 heteroatoms. The summed E-state index contributed by atoms with van der Waals surface area (Å²) in [4.78, 5) is 2.33. The number of nitrogens with zero attached hydrogens (tertiary/aromatic N) is 1. The summed E-state index contributed by atoms with van der Waals surface area (Å²) in [5.74, 6) is 1.19. The second-order valence-corrected chi connectivity index (χ2v) is 4.38. The van der Waals surface area contributed by atoms with Gasteiger partial charge < -0.3 is 15.4 Å². The van der Waals surface area contributed by atoms with Crippen LogP contribution < -0.4 is 5.73 Å². The summed E-state index contributed by atoms with van der Waals surface area (Å²) in [6, 6.07) is 0. The van der Waals surface area contributed by atoms with Gasteiger partial charge in [-0.3, -0.25) is 0 Å². The summed E-state index contributed by atoms with van der Waals surface area (Å²) < 4.78 is 5.49. The molecule has 0 heterocycles. The van der Waals surface area contributed by atoms with Gasteiger partial charge in [0.1, 0.15) is 0 Å². The lowest BCUT2D eigenvalue weighted by molar-refractivity contribution is 0.0568. The minimum atomic E-state index is 0.233. The molecule has 0 aromatic heterocycles. The topological polar surface area (TPSA) is 38.5 Å². The average Bonchev–Trinajstić information content (AvgIpc) is 2.21. The van der Waals surface area contributed by atoms with Crippen LogP contribution in [-0.2, 0) is 4.74 Å². The molecule has 3 nitrogen and oxygen atoms in total. The van der Waals surface area contributed by atoms with Crippen LogP contribution in [0.1, 0.15) is 13.3 Å². The van der Waals surface area contributed by atoms with Crippen LogP contribution in [0.5, 0.6) is 0 Å². The molecule has 0 amide bonds. The van der Waals surface area contributed by atoms with E-state index in [9.17, 15) is 0 Å². The Morgan fingerprint density at radius 1 is 1.43 bits per heavy atom. The van der Waals surface area contributed by atoms with Gasteiger partial charge in [-0.1, -0.05) is 0 Å². The highest BCUT2D eigenvalue weighted by atomic mass is 32.2. The maximum Gasteiger partial charge on any atom is 0.0709 e. The average molecular weight is 220 g/mol. The Morgan fingerprint density at radius 3 is 2.64 bits per heavy atom. The molecule has 0 saturated carbocycles. The van der Waals surface area contributed by atoms with Crippen LogP contribution in [0, 0.1) is 0 Å². The Bertz CT molecular complexity index is 125. The Labute approximate surface area is 92.4 Å². The van der Waals surface area contributed by atoms with Crippen molar-refractivity contribution in [1.29, 1.82) is 0 Å². The van der Waals surface area contributed by atoms with Gasteiger partial charge in [-0.05, 0) is 26.6 Å². The van der Waals surface area contributed by atoms with Crippen molar-refractivity contribution in [2.45, 2.75) is 19.4 Å². The standard InChI is InChI=1S/C10H24N2OS/c1-4-13-10(9-11)5-6-12(2)7-8-14-3/h10H,4-9,11H2,1-3H3. The molecule has 0 saturated heterocycles. The van der Waals surface area contributed by atoms with E-state index < -0.39 is 0 Å². The third-order valence-electron chi connectivity index (χ3n) is 2.18. The summed E-state index contributed by atoms with van der Waals surface area (Å²) >= 11 is 1.88. The van der Waals surface area contributed by atoms with Crippen LogP contribution in [-0.4, -0.2) is 56.3 Å². The zero-order valence-electron chi connectivity index (χ0n) is 9.66. The van der Waals surface area contributed by atoms with Crippen molar-refractivity contribution in [2.75, 3.05) is 45.3 Å². The fourth-order valence-electron chi connectivity index (χ4n) is 1.23. The summed E-state index contributed by atoms with van der Waals surface area (Å²) in [6.45, 7) is 5.62. The van der Waals surface area contributed by atoms with E-state index in [4.69, 9.17) is 10.5 Å². The third-order valence-corrected chi connectivity index (χ3v) is 2.77. The van der Waals surface area contributed by atoms with Crippen LogP contribution >= 0.6 is 11.8 Å². The molecule has 0 fully saturated rings. The number of rotatable bonds is 9. The van der Waals surface area contributed by atoms with Crippen molar-refractivity contribution < 1.29 is 4.74 Å². The van der Waals surface area contributed by atoms with Crippen molar-refractivity contribution in [2.24, 2.45) is 5.73 Å². The minimum Gasteiger partial charge on any atom is -0.377 e. The largest absolute Gasteiger partial charge is 0.377 e. The van der Waals surface area contributed by atoms with Gasteiger partial charge >= 0.3 is 0 Å². The lowest BCUT2D eigenvalue weighted by atomic mass is 10.2. The fraction of sp³-hybridized carbons (Fsp3) is 1.00. The van der Waals surface area contributed by atoms with E-state index in [0.717, 1.165) is 26.1 Å². The molecular formula is C10H24N2OS.